The van der Waals surface area contributed by atoms with Crippen LogP contribution >= 0.6 is 0 Å². The van der Waals surface area contributed by atoms with Gasteiger partial charge >= 0.3 is 5.69 Å². The molecule has 0 aliphatic heterocycles. The molecule has 0 spiro atoms. The number of rotatable bonds is 8. The summed E-state index contributed by atoms with van der Waals surface area (Å²) in [6.45, 7) is 0.867. The van der Waals surface area contributed by atoms with E-state index >= 15 is 0 Å². The Labute approximate surface area is 104 Å². The molecule has 0 amide bonds. The number of nitrogens with zero attached hydrogens (tertiary/aromatic N) is 1. The zero-order valence-corrected chi connectivity index (χ0v) is 9.87. The Balaban J connectivity index is 2.63. The molecule has 0 fully saturated rings. The summed E-state index contributed by atoms with van der Waals surface area (Å²) in [4.78, 5) is 10.3. The molecule has 0 aromatic heterocycles. The second kappa shape index (κ2) is 7.59. The molecule has 18 heavy (non-hydrogen) atoms. The zero-order chi connectivity index (χ0) is 13.4. The lowest BCUT2D eigenvalue weighted by Gasteiger charge is -2.08. The van der Waals surface area contributed by atoms with Crippen molar-refractivity contribution in [1.82, 2.24) is 0 Å². The molecule has 1 aromatic rings. The number of benzene rings is 1. The van der Waals surface area contributed by atoms with Gasteiger partial charge in [-0.3, -0.25) is 10.1 Å². The Morgan fingerprint density at radius 2 is 2.11 bits per heavy atom. The van der Waals surface area contributed by atoms with Crippen molar-refractivity contribution in [3.05, 3.63) is 33.9 Å². The summed E-state index contributed by atoms with van der Waals surface area (Å²) in [5.41, 5.74) is 6.12. The number of hydrogen-bond donors (Lipinski definition) is 2. The van der Waals surface area contributed by atoms with Gasteiger partial charge in [-0.15, -0.1) is 0 Å². The van der Waals surface area contributed by atoms with Crippen LogP contribution < -0.4 is 10.5 Å². The summed E-state index contributed by atoms with van der Waals surface area (Å²) >= 11 is 0. The van der Waals surface area contributed by atoms with Gasteiger partial charge in [-0.1, -0.05) is 6.07 Å². The van der Waals surface area contributed by atoms with Crippen molar-refractivity contribution in [2.75, 3.05) is 26.4 Å². The molecule has 0 aliphatic carbocycles. The third kappa shape index (κ3) is 4.28. The highest BCUT2D eigenvalue weighted by Crippen LogP contribution is 2.27. The molecule has 0 atom stereocenters. The van der Waals surface area contributed by atoms with Crippen LogP contribution in [0, 0.1) is 10.1 Å². The average molecular weight is 256 g/mol. The van der Waals surface area contributed by atoms with E-state index in [1.807, 2.05) is 0 Å². The highest BCUT2D eigenvalue weighted by molar-refractivity contribution is 5.48. The van der Waals surface area contributed by atoms with Gasteiger partial charge in [-0.25, -0.2) is 0 Å². The molecule has 1 rings (SSSR count). The minimum atomic E-state index is -0.510. The molecule has 3 N–H and O–H groups in total. The predicted octanol–water partition coefficient (Wildman–Crippen LogP) is 0.441. The summed E-state index contributed by atoms with van der Waals surface area (Å²) in [7, 11) is 0. The van der Waals surface area contributed by atoms with Gasteiger partial charge in [0.05, 0.1) is 24.7 Å². The first-order valence-electron chi connectivity index (χ1n) is 5.47. The molecule has 0 radical (unpaired) electrons. The van der Waals surface area contributed by atoms with E-state index in [1.165, 1.54) is 6.07 Å². The largest absolute Gasteiger partial charge is 0.484 e. The van der Waals surface area contributed by atoms with Crippen molar-refractivity contribution in [2.24, 2.45) is 5.73 Å². The van der Waals surface area contributed by atoms with Gasteiger partial charge in [-0.2, -0.15) is 0 Å². The van der Waals surface area contributed by atoms with Crippen LogP contribution in [0.25, 0.3) is 0 Å². The molecule has 0 aliphatic rings. The first-order valence-corrected chi connectivity index (χ1v) is 5.47. The first kappa shape index (κ1) is 14.4. The van der Waals surface area contributed by atoms with Gasteiger partial charge in [0.2, 0.25) is 0 Å². The van der Waals surface area contributed by atoms with Crippen molar-refractivity contribution in [1.29, 1.82) is 0 Å². The van der Waals surface area contributed by atoms with Crippen LogP contribution in [0.5, 0.6) is 5.75 Å². The molecular weight excluding hydrogens is 240 g/mol. The number of aliphatic hydroxyl groups excluding tert-OH is 1. The Hall–Kier alpha value is -1.70. The van der Waals surface area contributed by atoms with Gasteiger partial charge < -0.3 is 20.3 Å². The minimum absolute atomic E-state index is 0.0667. The topological polar surface area (TPSA) is 108 Å². The minimum Gasteiger partial charge on any atom is -0.484 e. The van der Waals surface area contributed by atoms with Crippen molar-refractivity contribution in [3.8, 4) is 5.75 Å². The molecule has 1 aromatic carbocycles. The van der Waals surface area contributed by atoms with Crippen LogP contribution in [0.4, 0.5) is 5.69 Å². The van der Waals surface area contributed by atoms with Crippen molar-refractivity contribution in [2.45, 2.75) is 6.54 Å². The summed E-state index contributed by atoms with van der Waals surface area (Å²) in [5.74, 6) is 0.176. The molecule has 100 valence electrons. The Morgan fingerprint density at radius 1 is 1.33 bits per heavy atom. The number of ether oxygens (including phenoxy) is 2. The summed E-state index contributed by atoms with van der Waals surface area (Å²) < 4.78 is 10.3. The lowest BCUT2D eigenvalue weighted by Crippen LogP contribution is -2.10. The molecule has 7 nitrogen and oxygen atoms in total. The summed E-state index contributed by atoms with van der Waals surface area (Å²) in [6.07, 6.45) is 0. The maximum Gasteiger partial charge on any atom is 0.310 e. The van der Waals surface area contributed by atoms with Gasteiger partial charge in [0.15, 0.2) is 5.75 Å². The average Bonchev–Trinajstić information content (AvgIpc) is 2.38. The number of hydrogen-bond acceptors (Lipinski definition) is 6. The maximum atomic E-state index is 10.8. The molecule has 7 heteroatoms. The van der Waals surface area contributed by atoms with Crippen molar-refractivity contribution >= 4 is 5.69 Å². The fourth-order valence-electron chi connectivity index (χ4n) is 1.33. The highest BCUT2D eigenvalue weighted by Gasteiger charge is 2.15. The molecule has 0 bridgehead atoms. The number of nitro benzene ring substituents is 1. The Kier molecular flexibility index (Phi) is 6.06. The van der Waals surface area contributed by atoms with Crippen molar-refractivity contribution < 1.29 is 19.5 Å². The fraction of sp³-hybridized carbons (Fsp3) is 0.455. The van der Waals surface area contributed by atoms with Crippen LogP contribution in [-0.2, 0) is 11.3 Å². The monoisotopic (exact) mass is 256 g/mol. The standard InChI is InChI=1S/C11H16N2O5/c12-8-9-1-2-10(13(15)16)11(7-9)18-6-5-17-4-3-14/h1-2,7,14H,3-6,8,12H2. The molecule has 0 saturated heterocycles. The second-order valence-electron chi connectivity index (χ2n) is 3.45. The smallest absolute Gasteiger partial charge is 0.310 e. The quantitative estimate of drug-likeness (QED) is 0.397. The Bertz CT molecular complexity index is 397. The van der Waals surface area contributed by atoms with E-state index in [0.29, 0.717) is 0 Å². The maximum absolute atomic E-state index is 10.8. The van der Waals surface area contributed by atoms with E-state index in [4.69, 9.17) is 20.3 Å². The van der Waals surface area contributed by atoms with Crippen LogP contribution in [-0.4, -0.2) is 36.5 Å². The van der Waals surface area contributed by atoms with Crippen LogP contribution in [0.2, 0.25) is 0 Å². The normalized spacial score (nSPS) is 10.3. The van der Waals surface area contributed by atoms with Crippen molar-refractivity contribution in [3.63, 3.8) is 0 Å². The molecular formula is C11H16N2O5. The SMILES string of the molecule is NCc1ccc([N+](=O)[O-])c(OCCOCCO)c1. The van der Waals surface area contributed by atoms with Gasteiger partial charge in [0.25, 0.3) is 0 Å². The lowest BCUT2D eigenvalue weighted by molar-refractivity contribution is -0.385. The fourth-order valence-corrected chi connectivity index (χ4v) is 1.33. The van der Waals surface area contributed by atoms with Gasteiger partial charge in [0.1, 0.15) is 6.61 Å². The van der Waals surface area contributed by atoms with Crippen LogP contribution in [0.3, 0.4) is 0 Å². The van der Waals surface area contributed by atoms with Gasteiger partial charge in [0, 0.05) is 12.6 Å². The third-order valence-electron chi connectivity index (χ3n) is 2.18. The van der Waals surface area contributed by atoms with E-state index in [2.05, 4.69) is 0 Å². The van der Waals surface area contributed by atoms with E-state index < -0.39 is 4.92 Å². The summed E-state index contributed by atoms with van der Waals surface area (Å²) in [5, 5.41) is 19.3. The van der Waals surface area contributed by atoms with E-state index in [9.17, 15) is 10.1 Å². The predicted molar refractivity (Wildman–Crippen MR) is 64.4 cm³/mol. The van der Waals surface area contributed by atoms with E-state index in [0.717, 1.165) is 5.56 Å². The van der Waals surface area contributed by atoms with E-state index in [1.54, 1.807) is 12.1 Å². The van der Waals surface area contributed by atoms with Crippen LogP contribution in [0.15, 0.2) is 18.2 Å². The van der Waals surface area contributed by atoms with Crippen LogP contribution in [0.1, 0.15) is 5.56 Å². The molecule has 0 unspecified atom stereocenters. The highest BCUT2D eigenvalue weighted by atomic mass is 16.6. The Morgan fingerprint density at radius 3 is 2.72 bits per heavy atom. The van der Waals surface area contributed by atoms with Gasteiger partial charge in [-0.05, 0) is 11.6 Å². The third-order valence-corrected chi connectivity index (χ3v) is 2.18. The second-order valence-corrected chi connectivity index (χ2v) is 3.45. The number of nitro groups is 1. The summed E-state index contributed by atoms with van der Waals surface area (Å²) in [6, 6.07) is 4.50. The number of aliphatic hydroxyl groups is 1. The zero-order valence-electron chi connectivity index (χ0n) is 9.87. The first-order chi connectivity index (χ1) is 8.69. The molecule has 0 saturated carbocycles. The van der Waals surface area contributed by atoms with E-state index in [-0.39, 0.29) is 44.4 Å². The number of nitrogens with two attached hydrogens (primary N) is 1. The lowest BCUT2D eigenvalue weighted by atomic mass is 10.2. The molecule has 0 heterocycles.